The van der Waals surface area contributed by atoms with Gasteiger partial charge in [-0.15, -0.1) is 0 Å². The Balaban J connectivity index is 1.21. The summed E-state index contributed by atoms with van der Waals surface area (Å²) in [6.45, 7) is 6.14. The largest absolute Gasteiger partial charge is 0.416 e. The summed E-state index contributed by atoms with van der Waals surface area (Å²) in [5.41, 5.74) is 2.67. The molecule has 4 rings (SSSR count). The quantitative estimate of drug-likeness (QED) is 0.480. The summed E-state index contributed by atoms with van der Waals surface area (Å²) in [6.07, 6.45) is 1.16. The molecule has 1 saturated carbocycles. The van der Waals surface area contributed by atoms with Gasteiger partial charge in [-0.1, -0.05) is 23.8 Å². The van der Waals surface area contributed by atoms with E-state index in [9.17, 15) is 18.0 Å². The van der Waals surface area contributed by atoms with Crippen molar-refractivity contribution < 1.29 is 18.0 Å². The van der Waals surface area contributed by atoms with Gasteiger partial charge in [0.1, 0.15) is 0 Å². The maximum atomic E-state index is 13.2. The highest BCUT2D eigenvalue weighted by atomic mass is 19.4. The number of amides is 1. The predicted octanol–water partition coefficient (Wildman–Crippen LogP) is 6.67. The zero-order valence-corrected chi connectivity index (χ0v) is 21.6. The van der Waals surface area contributed by atoms with Crippen LogP contribution in [0.25, 0.3) is 0 Å². The summed E-state index contributed by atoms with van der Waals surface area (Å²) in [4.78, 5) is 17.4. The third-order valence-electron chi connectivity index (χ3n) is 7.91. The SMILES string of the molecule is Cc1ccc(N2CCC(C(=O)N(C)CC3CCC(Nc4ccc(C)c(C(F)(F)F)c4)CC3)CC2)cc1. The number of rotatable bonds is 6. The van der Waals surface area contributed by atoms with Gasteiger partial charge in [-0.3, -0.25) is 4.79 Å². The van der Waals surface area contributed by atoms with Gasteiger partial charge in [-0.05, 0) is 88.1 Å². The van der Waals surface area contributed by atoms with Gasteiger partial charge in [-0.2, -0.15) is 13.2 Å². The summed E-state index contributed by atoms with van der Waals surface area (Å²) in [5, 5.41) is 3.30. The van der Waals surface area contributed by atoms with Crippen molar-refractivity contribution in [3.05, 3.63) is 59.2 Å². The number of anilines is 2. The maximum Gasteiger partial charge on any atom is 0.416 e. The van der Waals surface area contributed by atoms with E-state index in [1.165, 1.54) is 30.3 Å². The molecule has 1 amide bonds. The minimum absolute atomic E-state index is 0.0825. The van der Waals surface area contributed by atoms with Crippen molar-refractivity contribution in [3.63, 3.8) is 0 Å². The Morgan fingerprint density at radius 1 is 0.972 bits per heavy atom. The van der Waals surface area contributed by atoms with Crippen molar-refractivity contribution in [1.29, 1.82) is 0 Å². The maximum absolute atomic E-state index is 13.2. The molecule has 7 heteroatoms. The van der Waals surface area contributed by atoms with Crippen LogP contribution in [-0.4, -0.2) is 43.5 Å². The first-order chi connectivity index (χ1) is 17.1. The van der Waals surface area contributed by atoms with Crippen molar-refractivity contribution in [2.75, 3.05) is 36.9 Å². The van der Waals surface area contributed by atoms with Crippen LogP contribution in [0.15, 0.2) is 42.5 Å². The van der Waals surface area contributed by atoms with E-state index in [4.69, 9.17) is 0 Å². The Morgan fingerprint density at radius 3 is 2.22 bits per heavy atom. The Kier molecular flexibility index (Phi) is 8.16. The number of carbonyl (C=O) groups is 1. The first kappa shape index (κ1) is 26.4. The molecule has 0 bridgehead atoms. The highest BCUT2D eigenvalue weighted by Gasteiger charge is 2.33. The molecule has 0 spiro atoms. The van der Waals surface area contributed by atoms with Crippen molar-refractivity contribution in [3.8, 4) is 0 Å². The van der Waals surface area contributed by atoms with Gasteiger partial charge in [0.2, 0.25) is 5.91 Å². The zero-order chi connectivity index (χ0) is 25.9. The normalized spacial score (nSPS) is 21.3. The molecule has 4 nitrogen and oxygen atoms in total. The third kappa shape index (κ3) is 6.54. The molecule has 1 saturated heterocycles. The molecule has 2 aromatic rings. The fourth-order valence-corrected chi connectivity index (χ4v) is 5.67. The van der Waals surface area contributed by atoms with Crippen molar-refractivity contribution in [2.45, 2.75) is 64.6 Å². The fourth-order valence-electron chi connectivity index (χ4n) is 5.67. The first-order valence-corrected chi connectivity index (χ1v) is 13.1. The third-order valence-corrected chi connectivity index (χ3v) is 7.91. The minimum atomic E-state index is -4.34. The van der Waals surface area contributed by atoms with Crippen LogP contribution in [0.2, 0.25) is 0 Å². The molecule has 36 heavy (non-hydrogen) atoms. The van der Waals surface area contributed by atoms with Gasteiger partial charge in [0.25, 0.3) is 0 Å². The summed E-state index contributed by atoms with van der Waals surface area (Å²) < 4.78 is 39.7. The van der Waals surface area contributed by atoms with Crippen LogP contribution in [0.5, 0.6) is 0 Å². The van der Waals surface area contributed by atoms with Crippen LogP contribution in [0.1, 0.15) is 55.2 Å². The number of nitrogens with one attached hydrogen (secondary N) is 1. The van der Waals surface area contributed by atoms with Crippen LogP contribution in [0.4, 0.5) is 24.5 Å². The van der Waals surface area contributed by atoms with E-state index < -0.39 is 11.7 Å². The minimum Gasteiger partial charge on any atom is -0.382 e. The van der Waals surface area contributed by atoms with Gasteiger partial charge in [-0.25, -0.2) is 0 Å². The smallest absolute Gasteiger partial charge is 0.382 e. The fraction of sp³-hybridized carbons (Fsp3) is 0.552. The topological polar surface area (TPSA) is 35.6 Å². The van der Waals surface area contributed by atoms with Crippen LogP contribution in [-0.2, 0) is 11.0 Å². The second-order valence-corrected chi connectivity index (χ2v) is 10.7. The second kappa shape index (κ2) is 11.1. The molecule has 0 unspecified atom stereocenters. The molecule has 1 aliphatic carbocycles. The van der Waals surface area contributed by atoms with E-state index in [1.807, 2.05) is 11.9 Å². The number of halogens is 3. The first-order valence-electron chi connectivity index (χ1n) is 13.1. The predicted molar refractivity (Wildman–Crippen MR) is 139 cm³/mol. The van der Waals surface area contributed by atoms with Gasteiger partial charge < -0.3 is 15.1 Å². The molecule has 0 aromatic heterocycles. The Labute approximate surface area is 212 Å². The Morgan fingerprint density at radius 2 is 1.61 bits per heavy atom. The molecule has 1 N–H and O–H groups in total. The molecule has 196 valence electrons. The van der Waals surface area contributed by atoms with Crippen molar-refractivity contribution in [2.24, 2.45) is 11.8 Å². The van der Waals surface area contributed by atoms with Crippen LogP contribution < -0.4 is 10.2 Å². The molecular weight excluding hydrogens is 463 g/mol. The second-order valence-electron chi connectivity index (χ2n) is 10.7. The van der Waals surface area contributed by atoms with E-state index in [0.29, 0.717) is 11.6 Å². The van der Waals surface area contributed by atoms with E-state index in [1.54, 1.807) is 6.07 Å². The molecule has 1 heterocycles. The van der Waals surface area contributed by atoms with E-state index in [0.717, 1.165) is 58.2 Å². The number of piperidine rings is 1. The average molecular weight is 502 g/mol. The van der Waals surface area contributed by atoms with Crippen LogP contribution >= 0.6 is 0 Å². The lowest BCUT2D eigenvalue weighted by Gasteiger charge is -2.36. The molecule has 0 radical (unpaired) electrons. The number of hydrogen-bond acceptors (Lipinski definition) is 3. The molecule has 2 fully saturated rings. The Bertz CT molecular complexity index is 1020. The number of alkyl halides is 3. The average Bonchev–Trinajstić information content (AvgIpc) is 2.86. The summed E-state index contributed by atoms with van der Waals surface area (Å²) >= 11 is 0. The molecule has 2 aromatic carbocycles. The lowest BCUT2D eigenvalue weighted by molar-refractivity contribution is -0.138. The van der Waals surface area contributed by atoms with Gasteiger partial charge in [0.05, 0.1) is 5.56 Å². The van der Waals surface area contributed by atoms with E-state index in [-0.39, 0.29) is 23.4 Å². The number of carbonyl (C=O) groups excluding carboxylic acids is 1. The van der Waals surface area contributed by atoms with E-state index >= 15 is 0 Å². The number of hydrogen-bond donors (Lipinski definition) is 1. The van der Waals surface area contributed by atoms with Crippen molar-refractivity contribution in [1.82, 2.24) is 4.90 Å². The number of aryl methyl sites for hydroxylation is 2. The van der Waals surface area contributed by atoms with Gasteiger partial charge in [0.15, 0.2) is 0 Å². The summed E-state index contributed by atoms with van der Waals surface area (Å²) in [5.74, 6) is 0.769. The molecular formula is C29H38F3N3O. The highest BCUT2D eigenvalue weighted by molar-refractivity contribution is 5.79. The summed E-state index contributed by atoms with van der Waals surface area (Å²) in [7, 11) is 1.92. The summed E-state index contributed by atoms with van der Waals surface area (Å²) in [6, 6.07) is 13.2. The standard InChI is InChI=1S/C29H38F3N3O/c1-20-4-12-26(13-5-20)35-16-14-23(15-17-35)28(36)34(3)19-22-7-10-24(11-8-22)33-25-9-6-21(2)27(18-25)29(30,31)32/h4-6,9,12-13,18,22-24,33H,7-8,10-11,14-17,19H2,1-3H3. The lowest BCUT2D eigenvalue weighted by atomic mass is 9.85. The van der Waals surface area contributed by atoms with Crippen LogP contribution in [0.3, 0.4) is 0 Å². The van der Waals surface area contributed by atoms with Crippen LogP contribution in [0, 0.1) is 25.7 Å². The lowest BCUT2D eigenvalue weighted by Crippen LogP contribution is -2.43. The number of benzene rings is 2. The monoisotopic (exact) mass is 501 g/mol. The molecule has 0 atom stereocenters. The Hall–Kier alpha value is -2.70. The molecule has 2 aliphatic rings. The molecule has 1 aliphatic heterocycles. The van der Waals surface area contributed by atoms with Gasteiger partial charge >= 0.3 is 6.18 Å². The highest BCUT2D eigenvalue weighted by Crippen LogP contribution is 2.35. The zero-order valence-electron chi connectivity index (χ0n) is 21.6. The van der Waals surface area contributed by atoms with Gasteiger partial charge in [0, 0.05) is 50.0 Å². The van der Waals surface area contributed by atoms with Crippen molar-refractivity contribution >= 4 is 17.3 Å². The number of nitrogens with zero attached hydrogens (tertiary/aromatic N) is 2. The van der Waals surface area contributed by atoms with E-state index in [2.05, 4.69) is 41.4 Å².